The minimum Gasteiger partial charge on any atom is -0.392 e. The third kappa shape index (κ3) is 6.64. The molecule has 0 radical (unpaired) electrons. The average Bonchev–Trinajstić information content (AvgIpc) is 2.73. The van der Waals surface area contributed by atoms with Gasteiger partial charge in [-0.15, -0.1) is 0 Å². The summed E-state index contributed by atoms with van der Waals surface area (Å²) >= 11 is 1.60. The van der Waals surface area contributed by atoms with Crippen molar-refractivity contribution in [3.8, 4) is 0 Å². The Morgan fingerprint density at radius 3 is 2.13 bits per heavy atom. The van der Waals surface area contributed by atoms with Gasteiger partial charge in [-0.25, -0.2) is 8.78 Å². The molecule has 3 nitrogen and oxygen atoms in total. The molecular formula is C24H25F2NO2S. The topological polar surface area (TPSA) is 52.5 Å². The lowest BCUT2D eigenvalue weighted by molar-refractivity contribution is 0.161. The van der Waals surface area contributed by atoms with E-state index in [1.807, 2.05) is 48.5 Å². The van der Waals surface area contributed by atoms with Crippen LogP contribution in [-0.2, 0) is 19.6 Å². The third-order valence-corrected chi connectivity index (χ3v) is 5.96. The summed E-state index contributed by atoms with van der Waals surface area (Å²) in [5.74, 6) is -1.20. The second-order valence-electron chi connectivity index (χ2n) is 7.08. The van der Waals surface area contributed by atoms with Crippen LogP contribution in [0.1, 0.15) is 23.1 Å². The molecule has 0 bridgehead atoms. The summed E-state index contributed by atoms with van der Waals surface area (Å²) in [7, 11) is 0. The van der Waals surface area contributed by atoms with Gasteiger partial charge in [-0.3, -0.25) is 0 Å². The molecule has 3 aromatic rings. The SMILES string of the molecule is OCc1ccccc1Sc1ccccc1CNCC(O)CCc1cc(F)cc(F)c1. The molecule has 0 aliphatic rings. The van der Waals surface area contributed by atoms with Gasteiger partial charge in [0.25, 0.3) is 0 Å². The Balaban J connectivity index is 1.52. The van der Waals surface area contributed by atoms with Crippen LogP contribution < -0.4 is 5.32 Å². The van der Waals surface area contributed by atoms with Gasteiger partial charge in [0.05, 0.1) is 12.7 Å². The standard InChI is InChI=1S/C24H25F2NO2S/c25-20-11-17(12-21(26)13-20)9-10-22(29)15-27-14-18-5-1-3-7-23(18)30-24-8-4-2-6-19(24)16-28/h1-8,11-13,22,27-29H,9-10,14-16H2. The van der Waals surface area contributed by atoms with Gasteiger partial charge in [-0.05, 0) is 53.8 Å². The van der Waals surface area contributed by atoms with E-state index < -0.39 is 17.7 Å². The zero-order chi connectivity index (χ0) is 21.3. The molecule has 0 fully saturated rings. The monoisotopic (exact) mass is 429 g/mol. The largest absolute Gasteiger partial charge is 0.392 e. The van der Waals surface area contributed by atoms with Crippen LogP contribution in [0.2, 0.25) is 0 Å². The maximum Gasteiger partial charge on any atom is 0.126 e. The van der Waals surface area contributed by atoms with Gasteiger partial charge in [0.1, 0.15) is 11.6 Å². The zero-order valence-electron chi connectivity index (χ0n) is 16.5. The molecule has 3 rings (SSSR count). The summed E-state index contributed by atoms with van der Waals surface area (Å²) in [5.41, 5.74) is 2.51. The lowest BCUT2D eigenvalue weighted by Gasteiger charge is -2.14. The number of aliphatic hydroxyl groups is 2. The van der Waals surface area contributed by atoms with Crippen molar-refractivity contribution in [2.75, 3.05) is 6.54 Å². The number of aliphatic hydroxyl groups excluding tert-OH is 2. The molecule has 158 valence electrons. The number of aryl methyl sites for hydroxylation is 1. The highest BCUT2D eigenvalue weighted by Crippen LogP contribution is 2.32. The predicted molar refractivity (Wildman–Crippen MR) is 115 cm³/mol. The highest BCUT2D eigenvalue weighted by Gasteiger charge is 2.09. The molecule has 1 unspecified atom stereocenters. The van der Waals surface area contributed by atoms with Gasteiger partial charge in [-0.1, -0.05) is 48.2 Å². The molecule has 0 saturated heterocycles. The smallest absolute Gasteiger partial charge is 0.126 e. The maximum atomic E-state index is 13.3. The van der Waals surface area contributed by atoms with Crippen molar-refractivity contribution in [2.24, 2.45) is 0 Å². The van der Waals surface area contributed by atoms with Crippen molar-refractivity contribution in [1.82, 2.24) is 5.32 Å². The van der Waals surface area contributed by atoms with Crippen LogP contribution in [0.25, 0.3) is 0 Å². The van der Waals surface area contributed by atoms with Gasteiger partial charge in [0.15, 0.2) is 0 Å². The lowest BCUT2D eigenvalue weighted by Crippen LogP contribution is -2.27. The molecule has 3 N–H and O–H groups in total. The fraction of sp³-hybridized carbons (Fsp3) is 0.250. The molecule has 0 aromatic heterocycles. The number of benzene rings is 3. The first-order valence-corrected chi connectivity index (χ1v) is 10.6. The predicted octanol–water partition coefficient (Wildman–Crippen LogP) is 4.69. The second kappa shape index (κ2) is 11.2. The first kappa shape index (κ1) is 22.4. The van der Waals surface area contributed by atoms with Crippen molar-refractivity contribution in [3.63, 3.8) is 0 Å². The van der Waals surface area contributed by atoms with E-state index in [4.69, 9.17) is 0 Å². The molecule has 0 spiro atoms. The van der Waals surface area contributed by atoms with E-state index in [9.17, 15) is 19.0 Å². The molecule has 1 atom stereocenters. The summed E-state index contributed by atoms with van der Waals surface area (Å²) < 4.78 is 26.5. The number of hydrogen-bond acceptors (Lipinski definition) is 4. The number of rotatable bonds is 10. The highest BCUT2D eigenvalue weighted by atomic mass is 32.2. The number of hydrogen-bond donors (Lipinski definition) is 3. The zero-order valence-corrected chi connectivity index (χ0v) is 17.3. The van der Waals surface area contributed by atoms with Crippen molar-refractivity contribution in [2.45, 2.75) is 41.9 Å². The van der Waals surface area contributed by atoms with Gasteiger partial charge in [0.2, 0.25) is 0 Å². The first-order valence-electron chi connectivity index (χ1n) is 9.83. The molecular weight excluding hydrogens is 404 g/mol. The Labute approximate surface area is 179 Å². The molecule has 0 aliphatic heterocycles. The van der Waals surface area contributed by atoms with Crippen LogP contribution in [0.5, 0.6) is 0 Å². The lowest BCUT2D eigenvalue weighted by atomic mass is 10.1. The quantitative estimate of drug-likeness (QED) is 0.438. The Bertz CT molecular complexity index is 947. The first-order chi connectivity index (χ1) is 14.5. The van der Waals surface area contributed by atoms with Gasteiger partial charge in [0, 0.05) is 28.9 Å². The Hall–Kier alpha value is -2.25. The van der Waals surface area contributed by atoms with E-state index >= 15 is 0 Å². The Kier molecular flexibility index (Phi) is 8.39. The minimum absolute atomic E-state index is 0.00893. The van der Waals surface area contributed by atoms with Crippen LogP contribution >= 0.6 is 11.8 Å². The van der Waals surface area contributed by atoms with Crippen LogP contribution in [-0.4, -0.2) is 22.9 Å². The Morgan fingerprint density at radius 1 is 0.867 bits per heavy atom. The van der Waals surface area contributed by atoms with E-state index in [0.717, 1.165) is 27.0 Å². The fourth-order valence-electron chi connectivity index (χ4n) is 3.17. The molecule has 0 aliphatic carbocycles. The molecule has 6 heteroatoms. The van der Waals surface area contributed by atoms with Crippen LogP contribution in [0, 0.1) is 11.6 Å². The number of nitrogens with one attached hydrogen (secondary N) is 1. The molecule has 0 amide bonds. The van der Waals surface area contributed by atoms with Gasteiger partial charge >= 0.3 is 0 Å². The summed E-state index contributed by atoms with van der Waals surface area (Å²) in [5, 5.41) is 23.0. The molecule has 3 aromatic carbocycles. The van der Waals surface area contributed by atoms with Crippen molar-refractivity contribution < 1.29 is 19.0 Å². The van der Waals surface area contributed by atoms with Crippen LogP contribution in [0.15, 0.2) is 76.5 Å². The summed E-state index contributed by atoms with van der Waals surface area (Å²) in [6.07, 6.45) is 0.198. The van der Waals surface area contributed by atoms with Crippen molar-refractivity contribution in [1.29, 1.82) is 0 Å². The highest BCUT2D eigenvalue weighted by molar-refractivity contribution is 7.99. The summed E-state index contributed by atoms with van der Waals surface area (Å²) in [6, 6.07) is 19.2. The van der Waals surface area contributed by atoms with Crippen LogP contribution in [0.3, 0.4) is 0 Å². The van der Waals surface area contributed by atoms with E-state index in [1.54, 1.807) is 11.8 Å². The Morgan fingerprint density at radius 2 is 1.47 bits per heavy atom. The van der Waals surface area contributed by atoms with Gasteiger partial charge < -0.3 is 15.5 Å². The number of halogens is 2. The van der Waals surface area contributed by atoms with Crippen molar-refractivity contribution in [3.05, 3.63) is 95.1 Å². The maximum absolute atomic E-state index is 13.3. The van der Waals surface area contributed by atoms with E-state index in [1.165, 1.54) is 12.1 Å². The third-order valence-electron chi connectivity index (χ3n) is 4.72. The van der Waals surface area contributed by atoms with E-state index in [2.05, 4.69) is 5.32 Å². The second-order valence-corrected chi connectivity index (χ2v) is 8.16. The molecule has 0 heterocycles. The fourth-order valence-corrected chi connectivity index (χ4v) is 4.23. The van der Waals surface area contributed by atoms with E-state index in [0.29, 0.717) is 31.5 Å². The summed E-state index contributed by atoms with van der Waals surface area (Å²) in [4.78, 5) is 2.09. The van der Waals surface area contributed by atoms with Crippen LogP contribution in [0.4, 0.5) is 8.78 Å². The normalized spacial score (nSPS) is 12.1. The molecule has 0 saturated carbocycles. The van der Waals surface area contributed by atoms with Gasteiger partial charge in [-0.2, -0.15) is 0 Å². The van der Waals surface area contributed by atoms with Crippen molar-refractivity contribution >= 4 is 11.8 Å². The van der Waals surface area contributed by atoms with E-state index in [-0.39, 0.29) is 6.61 Å². The molecule has 30 heavy (non-hydrogen) atoms. The summed E-state index contributed by atoms with van der Waals surface area (Å²) in [6.45, 7) is 0.950. The average molecular weight is 430 g/mol. The minimum atomic E-state index is -0.619.